The van der Waals surface area contributed by atoms with Crippen molar-refractivity contribution in [3.8, 4) is 40.1 Å². The van der Waals surface area contributed by atoms with Gasteiger partial charge in [0.05, 0.1) is 25.4 Å². The molecule has 356 valence electrons. The van der Waals surface area contributed by atoms with Gasteiger partial charge in [0, 0.05) is 17.7 Å². The van der Waals surface area contributed by atoms with Crippen LogP contribution in [-0.4, -0.2) is 213 Å². The number of hydrogen-bond donors (Lipinski definition) is 15. The van der Waals surface area contributed by atoms with Crippen LogP contribution < -0.4 is 14.9 Å². The van der Waals surface area contributed by atoms with Crippen LogP contribution in [0.15, 0.2) is 39.5 Å². The molecule has 25 nitrogen and oxygen atoms in total. The van der Waals surface area contributed by atoms with Crippen LogP contribution in [0.3, 0.4) is 0 Å². The van der Waals surface area contributed by atoms with Crippen molar-refractivity contribution >= 4 is 11.0 Å². The number of aliphatic hydroxyl groups excluding tert-OH is 12. The van der Waals surface area contributed by atoms with Gasteiger partial charge in [0.1, 0.15) is 102 Å². The Morgan fingerprint density at radius 1 is 0.562 bits per heavy atom. The van der Waals surface area contributed by atoms with Crippen LogP contribution in [0.2, 0.25) is 0 Å². The summed E-state index contributed by atoms with van der Waals surface area (Å²) in [5.41, 5.74) is -1.83. The monoisotopic (exact) mass is 918 g/mol. The van der Waals surface area contributed by atoms with Crippen LogP contribution in [0.25, 0.3) is 22.3 Å². The second kappa shape index (κ2) is 19.0. The molecule has 0 unspecified atom stereocenters. The summed E-state index contributed by atoms with van der Waals surface area (Å²) in [7, 11) is 0. The van der Waals surface area contributed by atoms with Crippen LogP contribution in [-0.2, 0) is 28.4 Å². The SMILES string of the molecule is C[C@@H]1O[C@H](OC[C@@H]2O[C@H](Oc3c(-c4ccc(O)c(O)c4)oc4cc(O[C@H]5O[C@H](C)[C@H](O)[C@H](O)[C@@H]5O)cc(O)c4c3=O)[C@@H](O[C@H]3O[C@@H](CO)[C@H](O)[C@@H](O)[C@@H]3O)[C@H](O)[C@H]2O)[C@@H](O)[C@H](O)[C@H]1O. The second-order valence-corrected chi connectivity index (χ2v) is 15.9. The molecule has 0 radical (unpaired) electrons. The average molecular weight is 919 g/mol. The number of ether oxygens (including phenoxy) is 8. The topological polar surface area (TPSA) is 408 Å². The highest BCUT2D eigenvalue weighted by atomic mass is 16.8. The fourth-order valence-electron chi connectivity index (χ4n) is 7.61. The zero-order valence-electron chi connectivity index (χ0n) is 33.6. The Bertz CT molecular complexity index is 2150. The molecule has 5 heterocycles. The van der Waals surface area contributed by atoms with Crippen LogP contribution in [0.5, 0.6) is 28.7 Å². The molecule has 2 aromatic carbocycles. The molecule has 0 amide bonds. The van der Waals surface area contributed by atoms with Crippen molar-refractivity contribution in [2.75, 3.05) is 13.2 Å². The molecular formula is C39H50O25. The molecule has 0 aliphatic carbocycles. The van der Waals surface area contributed by atoms with Gasteiger partial charge < -0.3 is 119 Å². The van der Waals surface area contributed by atoms with E-state index in [2.05, 4.69) is 0 Å². The first-order chi connectivity index (χ1) is 30.2. The van der Waals surface area contributed by atoms with E-state index in [-0.39, 0.29) is 11.3 Å². The van der Waals surface area contributed by atoms with Crippen molar-refractivity contribution in [3.05, 3.63) is 40.6 Å². The zero-order valence-corrected chi connectivity index (χ0v) is 33.6. The molecule has 25 heteroatoms. The molecule has 3 aromatic rings. The van der Waals surface area contributed by atoms with Gasteiger partial charge in [-0.1, -0.05) is 0 Å². The van der Waals surface area contributed by atoms with E-state index in [9.17, 15) is 81.4 Å². The maximum absolute atomic E-state index is 14.5. The predicted octanol–water partition coefficient (Wildman–Crippen LogP) is -5.36. The summed E-state index contributed by atoms with van der Waals surface area (Å²) in [6, 6.07) is 5.07. The van der Waals surface area contributed by atoms with Crippen LogP contribution >= 0.6 is 0 Å². The number of rotatable bonds is 11. The van der Waals surface area contributed by atoms with Gasteiger partial charge in [-0.25, -0.2) is 0 Å². The van der Waals surface area contributed by atoms with Gasteiger partial charge in [-0.05, 0) is 32.0 Å². The molecular weight excluding hydrogens is 868 g/mol. The molecule has 4 saturated heterocycles. The average Bonchev–Trinajstić information content (AvgIpc) is 3.26. The van der Waals surface area contributed by atoms with Gasteiger partial charge in [-0.3, -0.25) is 4.79 Å². The molecule has 15 N–H and O–H groups in total. The Hall–Kier alpha value is -4.07. The van der Waals surface area contributed by atoms with Crippen molar-refractivity contribution in [1.82, 2.24) is 0 Å². The van der Waals surface area contributed by atoms with Crippen LogP contribution in [0.1, 0.15) is 13.8 Å². The number of phenolic OH excluding ortho intramolecular Hbond substituents is 3. The van der Waals surface area contributed by atoms with Gasteiger partial charge in [-0.15, -0.1) is 0 Å². The Kier molecular flexibility index (Phi) is 14.2. The molecule has 4 aliphatic rings. The quantitative estimate of drug-likeness (QED) is 0.0798. The number of phenols is 3. The van der Waals surface area contributed by atoms with Gasteiger partial charge >= 0.3 is 0 Å². The minimum Gasteiger partial charge on any atom is -0.507 e. The fourth-order valence-corrected chi connectivity index (χ4v) is 7.61. The fraction of sp³-hybridized carbons (Fsp3) is 0.615. The van der Waals surface area contributed by atoms with Crippen molar-refractivity contribution < 1.29 is 119 Å². The third-order valence-corrected chi connectivity index (χ3v) is 11.5. The highest BCUT2D eigenvalue weighted by Gasteiger charge is 2.53. The van der Waals surface area contributed by atoms with Crippen molar-refractivity contribution in [2.24, 2.45) is 0 Å². The summed E-state index contributed by atoms with van der Waals surface area (Å²) in [6.07, 6.45) is -34.9. The van der Waals surface area contributed by atoms with E-state index in [1.807, 2.05) is 0 Å². The maximum atomic E-state index is 14.5. The lowest BCUT2D eigenvalue weighted by molar-refractivity contribution is -0.362. The summed E-state index contributed by atoms with van der Waals surface area (Å²) in [4.78, 5) is 14.5. The molecule has 4 fully saturated rings. The molecule has 1 aromatic heterocycles. The summed E-state index contributed by atoms with van der Waals surface area (Å²) in [5.74, 6) is -3.91. The van der Waals surface area contributed by atoms with Crippen molar-refractivity contribution in [2.45, 2.75) is 137 Å². The summed E-state index contributed by atoms with van der Waals surface area (Å²) in [6.45, 7) is 1.10. The molecule has 64 heavy (non-hydrogen) atoms. The third-order valence-electron chi connectivity index (χ3n) is 11.5. The van der Waals surface area contributed by atoms with E-state index in [0.29, 0.717) is 0 Å². The van der Waals surface area contributed by atoms with Gasteiger partial charge in [-0.2, -0.15) is 0 Å². The lowest BCUT2D eigenvalue weighted by atomic mass is 9.97. The lowest BCUT2D eigenvalue weighted by Gasteiger charge is -2.46. The van der Waals surface area contributed by atoms with E-state index in [1.165, 1.54) is 13.8 Å². The molecule has 0 bridgehead atoms. The second-order valence-electron chi connectivity index (χ2n) is 15.9. The minimum atomic E-state index is -2.16. The zero-order chi connectivity index (χ0) is 46.6. The van der Waals surface area contributed by atoms with E-state index < -0.39 is 181 Å². The van der Waals surface area contributed by atoms with Crippen LogP contribution in [0, 0.1) is 0 Å². The molecule has 4 aliphatic heterocycles. The van der Waals surface area contributed by atoms with Gasteiger partial charge in [0.2, 0.25) is 23.8 Å². The Morgan fingerprint density at radius 2 is 1.14 bits per heavy atom. The number of aliphatic hydroxyl groups is 12. The summed E-state index contributed by atoms with van der Waals surface area (Å²) in [5, 5.41) is 157. The largest absolute Gasteiger partial charge is 0.507 e. The minimum absolute atomic E-state index is 0.187. The molecule has 0 saturated carbocycles. The van der Waals surface area contributed by atoms with Gasteiger partial charge in [0.15, 0.2) is 35.9 Å². The lowest BCUT2D eigenvalue weighted by Crippen LogP contribution is -2.65. The Balaban J connectivity index is 1.28. The molecule has 0 spiro atoms. The smallest absolute Gasteiger partial charge is 0.239 e. The summed E-state index contributed by atoms with van der Waals surface area (Å²) < 4.78 is 51.5. The first-order valence-corrected chi connectivity index (χ1v) is 19.9. The predicted molar refractivity (Wildman–Crippen MR) is 204 cm³/mol. The van der Waals surface area contributed by atoms with Gasteiger partial charge in [0.25, 0.3) is 0 Å². The van der Waals surface area contributed by atoms with Crippen molar-refractivity contribution in [3.63, 3.8) is 0 Å². The maximum Gasteiger partial charge on any atom is 0.239 e. The Morgan fingerprint density at radius 3 is 1.78 bits per heavy atom. The van der Waals surface area contributed by atoms with E-state index in [0.717, 1.165) is 30.3 Å². The van der Waals surface area contributed by atoms with E-state index >= 15 is 0 Å². The third kappa shape index (κ3) is 9.06. The molecule has 7 rings (SSSR count). The highest BCUT2D eigenvalue weighted by Crippen LogP contribution is 2.41. The molecule has 20 atom stereocenters. The summed E-state index contributed by atoms with van der Waals surface area (Å²) >= 11 is 0. The number of fused-ring (bicyclic) bond motifs is 1. The number of hydrogen-bond acceptors (Lipinski definition) is 25. The first kappa shape index (κ1) is 47.9. The number of aromatic hydroxyl groups is 3. The van der Waals surface area contributed by atoms with Crippen LogP contribution in [0.4, 0.5) is 0 Å². The van der Waals surface area contributed by atoms with E-state index in [4.69, 9.17) is 42.3 Å². The Labute approximate surface area is 360 Å². The van der Waals surface area contributed by atoms with Crippen molar-refractivity contribution in [1.29, 1.82) is 0 Å². The normalized spacial score (nSPS) is 40.6. The first-order valence-electron chi connectivity index (χ1n) is 19.9. The number of benzene rings is 2. The highest BCUT2D eigenvalue weighted by molar-refractivity contribution is 5.88. The standard InChI is InChI=1S/C39H50O25/c1-10-21(44)26(49)30(53)36(57-10)56-9-19-24(47)29(52)35(64-38-32(55)28(51)23(46)18(8-40)61-38)39(62-19)63-34-25(48)20-16(43)6-13(59-37-31(54)27(50)22(45)11(2)58-37)7-17(20)60-33(34)12-3-4-14(41)15(42)5-12/h3-7,10-11,18-19,21-24,26-32,35-47,49-55H,8-9H2,1-2H3/t10-,11+,18-,19-,21-,22-,23-,24-,26+,27-,28+,29+,30-,31-,32-,35-,36-,37+,38+,39+/m0/s1. The van der Waals surface area contributed by atoms with E-state index in [1.54, 1.807) is 0 Å².